The minimum atomic E-state index is -4.66. The van der Waals surface area contributed by atoms with Gasteiger partial charge in [0, 0.05) is 0 Å². The fourth-order valence-electron chi connectivity index (χ4n) is 2.05. The van der Waals surface area contributed by atoms with Gasteiger partial charge in [-0.2, -0.15) is 4.31 Å². The minimum Gasteiger partial charge on any atom is -0.302 e. The van der Waals surface area contributed by atoms with Crippen LogP contribution in [-0.4, -0.2) is 16.4 Å². The van der Waals surface area contributed by atoms with Gasteiger partial charge in [0.25, 0.3) is 0 Å². The SMILES string of the molecule is C.C.CC/C(C)=C\COP(=O)(O)OP(=O)(O)OS.CC/C=C(/C)CCC=CCCC=C(C)C. The zero-order valence-electron chi connectivity index (χ0n) is 19.6. The van der Waals surface area contributed by atoms with Crippen molar-refractivity contribution >= 4 is 28.6 Å². The molecule has 0 aromatic heterocycles. The summed E-state index contributed by atoms with van der Waals surface area (Å²) in [7, 11) is -9.29. The third-order valence-corrected chi connectivity index (χ3v) is 6.80. The van der Waals surface area contributed by atoms with Gasteiger partial charge in [0.15, 0.2) is 0 Å². The van der Waals surface area contributed by atoms with E-state index in [2.05, 4.69) is 77.7 Å². The van der Waals surface area contributed by atoms with Crippen LogP contribution < -0.4 is 0 Å². The van der Waals surface area contributed by atoms with Gasteiger partial charge >= 0.3 is 15.6 Å². The lowest BCUT2D eigenvalue weighted by atomic mass is 10.1. The molecule has 0 aromatic carbocycles. The van der Waals surface area contributed by atoms with Crippen molar-refractivity contribution in [2.24, 2.45) is 0 Å². The van der Waals surface area contributed by atoms with E-state index in [9.17, 15) is 9.13 Å². The highest BCUT2D eigenvalue weighted by molar-refractivity contribution is 7.81. The molecule has 2 atom stereocenters. The van der Waals surface area contributed by atoms with Gasteiger partial charge in [0.2, 0.25) is 0 Å². The predicted octanol–water partition coefficient (Wildman–Crippen LogP) is 9.14. The molecule has 0 aliphatic rings. The van der Waals surface area contributed by atoms with Crippen LogP contribution in [0.3, 0.4) is 0 Å². The average Bonchev–Trinajstić information content (AvgIpc) is 2.66. The minimum absolute atomic E-state index is 0. The lowest BCUT2D eigenvalue weighted by molar-refractivity contribution is 0.197. The maximum Gasteiger partial charge on any atom is 0.492 e. The summed E-state index contributed by atoms with van der Waals surface area (Å²) in [5, 5.41) is 0. The molecular weight excluding hydrogens is 482 g/mol. The number of thiol groups is 1. The smallest absolute Gasteiger partial charge is 0.302 e. The van der Waals surface area contributed by atoms with Gasteiger partial charge in [0.1, 0.15) is 0 Å². The van der Waals surface area contributed by atoms with Crippen LogP contribution in [0.1, 0.15) is 94.9 Å². The number of phosphoric ester groups is 1. The Bertz CT molecular complexity index is 697. The second kappa shape index (κ2) is 23.3. The zero-order chi connectivity index (χ0) is 24.3. The first-order chi connectivity index (χ1) is 14.4. The van der Waals surface area contributed by atoms with Gasteiger partial charge in [-0.1, -0.05) is 75.8 Å². The summed E-state index contributed by atoms with van der Waals surface area (Å²) in [5.41, 5.74) is 3.88. The summed E-state index contributed by atoms with van der Waals surface area (Å²) in [4.78, 5) is 17.7. The molecule has 33 heavy (non-hydrogen) atoms. The molecule has 0 aliphatic carbocycles. The average molecular weight is 531 g/mol. The monoisotopic (exact) mass is 530 g/mol. The van der Waals surface area contributed by atoms with Gasteiger partial charge in [0.05, 0.1) is 6.61 Å². The number of hydrogen-bond donors (Lipinski definition) is 3. The lowest BCUT2D eigenvalue weighted by Gasteiger charge is -2.12. The zero-order valence-corrected chi connectivity index (χ0v) is 22.3. The maximum absolute atomic E-state index is 11.1. The van der Waals surface area contributed by atoms with Crippen LogP contribution in [0.5, 0.6) is 0 Å². The first-order valence-corrected chi connectivity index (χ1v) is 13.7. The first kappa shape index (κ1) is 39.8. The van der Waals surface area contributed by atoms with E-state index in [4.69, 9.17) is 9.79 Å². The van der Waals surface area contributed by atoms with Crippen LogP contribution >= 0.6 is 28.6 Å². The van der Waals surface area contributed by atoms with Gasteiger partial charge in [-0.15, -0.1) is 0 Å². The molecule has 0 saturated carbocycles. The molecule has 0 radical (unpaired) electrons. The molecule has 0 spiro atoms. The fraction of sp³-hybridized carbons (Fsp3) is 0.652. The van der Waals surface area contributed by atoms with E-state index in [1.165, 1.54) is 36.8 Å². The summed E-state index contributed by atoms with van der Waals surface area (Å²) in [6, 6.07) is 0. The Kier molecular flexibility index (Phi) is 28.1. The number of allylic oxidation sites excluding steroid dienone is 7. The molecule has 2 N–H and O–H groups in total. The summed E-state index contributed by atoms with van der Waals surface area (Å²) in [6.07, 6.45) is 17.5. The van der Waals surface area contributed by atoms with E-state index in [-0.39, 0.29) is 21.5 Å². The van der Waals surface area contributed by atoms with Crippen molar-refractivity contribution in [3.05, 3.63) is 47.1 Å². The van der Waals surface area contributed by atoms with Crippen molar-refractivity contribution in [3.8, 4) is 0 Å². The van der Waals surface area contributed by atoms with Crippen molar-refractivity contribution in [1.29, 1.82) is 0 Å². The number of unbranched alkanes of at least 4 members (excludes halogenated alkanes) is 1. The molecular formula is C23H48O7P2S. The highest BCUT2D eigenvalue weighted by Crippen LogP contribution is 2.60. The summed E-state index contributed by atoms with van der Waals surface area (Å²) in [6.45, 7) is 12.2. The third-order valence-electron chi connectivity index (χ3n) is 3.85. The van der Waals surface area contributed by atoms with Crippen LogP contribution in [0, 0.1) is 0 Å². The molecule has 0 fully saturated rings. The van der Waals surface area contributed by atoms with E-state index < -0.39 is 15.6 Å². The van der Waals surface area contributed by atoms with E-state index >= 15 is 0 Å². The van der Waals surface area contributed by atoms with Crippen molar-refractivity contribution in [2.75, 3.05) is 6.61 Å². The quantitative estimate of drug-likeness (QED) is 0.0676. The number of hydrogen-bond acceptors (Lipinski definition) is 6. The largest absolute Gasteiger partial charge is 0.492 e. The standard InChI is InChI=1S/C15H26.C6H14O7P2S.2CH4/c1-5-11-15(4)13-10-8-6-7-9-12-14(2)3;1-3-6(2)4-5-11-14(7,8)12-15(9,10)13-16;;/h6,8,11-12H,5,7,9-10,13H2,1-4H3;4,16H,3,5H2,1-2H3,(H,7,8)(H,9,10);2*1H4/b8-6?,15-11-;6-4-;;. The maximum atomic E-state index is 11.1. The lowest BCUT2D eigenvalue weighted by Crippen LogP contribution is -1.95. The van der Waals surface area contributed by atoms with Crippen LogP contribution in [0.15, 0.2) is 47.1 Å². The number of rotatable bonds is 14. The Labute approximate surface area is 208 Å². The highest BCUT2D eigenvalue weighted by Gasteiger charge is 2.34. The van der Waals surface area contributed by atoms with Crippen LogP contribution in [0.2, 0.25) is 0 Å². The fourth-order valence-corrected chi connectivity index (χ4v) is 3.93. The second-order valence-corrected chi connectivity index (χ2v) is 10.6. The molecule has 10 heteroatoms. The summed E-state index contributed by atoms with van der Waals surface area (Å²) >= 11 is 3.01. The number of phosphoric acid groups is 2. The predicted molar refractivity (Wildman–Crippen MR) is 145 cm³/mol. The van der Waals surface area contributed by atoms with Gasteiger partial charge in [-0.05, 0) is 79.1 Å². The van der Waals surface area contributed by atoms with Gasteiger partial charge in [-0.3, -0.25) is 4.52 Å². The Morgan fingerprint density at radius 2 is 1.42 bits per heavy atom. The molecule has 2 unspecified atom stereocenters. The summed E-state index contributed by atoms with van der Waals surface area (Å²) < 4.78 is 33.8. The second-order valence-electron chi connectivity index (χ2n) is 7.13. The van der Waals surface area contributed by atoms with Crippen molar-refractivity contribution < 1.29 is 31.7 Å². The Morgan fingerprint density at radius 3 is 1.91 bits per heavy atom. The van der Waals surface area contributed by atoms with Crippen LogP contribution in [-0.2, 0) is 21.9 Å². The van der Waals surface area contributed by atoms with Crippen molar-refractivity contribution in [2.45, 2.75) is 94.9 Å². The first-order valence-electron chi connectivity index (χ1n) is 10.3. The third kappa shape index (κ3) is 29.5. The van der Waals surface area contributed by atoms with Crippen molar-refractivity contribution in [3.63, 3.8) is 0 Å². The Balaban J connectivity index is -0.000000241. The molecule has 7 nitrogen and oxygen atoms in total. The molecule has 0 heterocycles. The molecule has 0 rings (SSSR count). The van der Waals surface area contributed by atoms with E-state index in [1.807, 2.05) is 6.92 Å². The highest BCUT2D eigenvalue weighted by atomic mass is 32.1. The van der Waals surface area contributed by atoms with Gasteiger partial charge in [-0.25, -0.2) is 13.1 Å². The topological polar surface area (TPSA) is 102 Å². The molecule has 0 aromatic rings. The molecule has 198 valence electrons. The normalized spacial score (nSPS) is 15.3. The molecule has 0 amide bonds. The van der Waals surface area contributed by atoms with E-state index in [1.54, 1.807) is 13.0 Å². The molecule has 0 saturated heterocycles. The van der Waals surface area contributed by atoms with Crippen molar-refractivity contribution in [1.82, 2.24) is 0 Å². The van der Waals surface area contributed by atoms with Crippen LogP contribution in [0.25, 0.3) is 0 Å². The summed E-state index contributed by atoms with van der Waals surface area (Å²) in [5.74, 6) is 0. The Morgan fingerprint density at radius 1 is 0.848 bits per heavy atom. The molecule has 0 bridgehead atoms. The molecule has 0 aliphatic heterocycles. The van der Waals surface area contributed by atoms with E-state index in [0.29, 0.717) is 0 Å². The van der Waals surface area contributed by atoms with E-state index in [0.717, 1.165) is 18.4 Å². The Hall–Kier alpha value is -0.430. The van der Waals surface area contributed by atoms with Crippen LogP contribution in [0.4, 0.5) is 0 Å². The van der Waals surface area contributed by atoms with Gasteiger partial charge < -0.3 is 9.79 Å².